The van der Waals surface area contributed by atoms with Gasteiger partial charge in [0.25, 0.3) is 0 Å². The normalized spacial score (nSPS) is 10.5. The second-order valence-corrected chi connectivity index (χ2v) is 2.99. The zero-order valence-corrected chi connectivity index (χ0v) is 8.45. The number of ether oxygens (including phenoxy) is 1. The molecular formula is C11H10N4O. The van der Waals surface area contributed by atoms with Crippen molar-refractivity contribution < 1.29 is 4.74 Å². The van der Waals surface area contributed by atoms with Crippen molar-refractivity contribution in [2.24, 2.45) is 10.9 Å². The van der Waals surface area contributed by atoms with Gasteiger partial charge in [-0.2, -0.15) is 5.10 Å². The zero-order valence-electron chi connectivity index (χ0n) is 8.45. The first kappa shape index (κ1) is 10.1. The summed E-state index contributed by atoms with van der Waals surface area (Å²) >= 11 is 0. The molecule has 1 heterocycles. The summed E-state index contributed by atoms with van der Waals surface area (Å²) in [5.41, 5.74) is 0.911. The van der Waals surface area contributed by atoms with E-state index in [9.17, 15) is 0 Å². The number of benzene rings is 1. The van der Waals surface area contributed by atoms with Gasteiger partial charge >= 0.3 is 0 Å². The van der Waals surface area contributed by atoms with Crippen LogP contribution in [-0.2, 0) is 0 Å². The zero-order chi connectivity index (χ0) is 11.2. The van der Waals surface area contributed by atoms with Gasteiger partial charge in [0.05, 0.1) is 12.4 Å². The lowest BCUT2D eigenvalue weighted by molar-refractivity contribution is 0.460. The molecule has 0 saturated heterocycles. The largest absolute Gasteiger partial charge is 0.438 e. The predicted molar refractivity (Wildman–Crippen MR) is 60.3 cm³/mol. The van der Waals surface area contributed by atoms with Crippen LogP contribution in [0, 0.1) is 0 Å². The summed E-state index contributed by atoms with van der Waals surface area (Å²) in [5, 5.41) is 3.43. The Morgan fingerprint density at radius 1 is 1.19 bits per heavy atom. The van der Waals surface area contributed by atoms with E-state index < -0.39 is 0 Å². The van der Waals surface area contributed by atoms with Crippen LogP contribution in [-0.4, -0.2) is 16.2 Å². The number of hydrogen-bond donors (Lipinski definition) is 1. The quantitative estimate of drug-likeness (QED) is 0.478. The highest BCUT2D eigenvalue weighted by molar-refractivity contribution is 5.79. The maximum absolute atomic E-state index is 5.46. The van der Waals surface area contributed by atoms with Crippen molar-refractivity contribution in [3.05, 3.63) is 48.4 Å². The topological polar surface area (TPSA) is 73.4 Å². The molecule has 2 N–H and O–H groups in total. The van der Waals surface area contributed by atoms with E-state index >= 15 is 0 Å². The lowest BCUT2D eigenvalue weighted by Crippen LogP contribution is -1.89. The van der Waals surface area contributed by atoms with E-state index in [2.05, 4.69) is 15.1 Å². The summed E-state index contributed by atoms with van der Waals surface area (Å²) in [6, 6.07) is 7.32. The van der Waals surface area contributed by atoms with Crippen LogP contribution in [0.15, 0.2) is 48.0 Å². The monoisotopic (exact) mass is 214 g/mol. The molecule has 5 nitrogen and oxygen atoms in total. The van der Waals surface area contributed by atoms with Crippen LogP contribution in [0.3, 0.4) is 0 Å². The second kappa shape index (κ2) is 4.88. The van der Waals surface area contributed by atoms with E-state index in [1.165, 1.54) is 0 Å². The molecule has 1 aromatic heterocycles. The number of hydrogen-bond acceptors (Lipinski definition) is 5. The molecule has 0 radical (unpaired) electrons. The fraction of sp³-hybridized carbons (Fsp3) is 0. The van der Waals surface area contributed by atoms with Crippen molar-refractivity contribution in [3.8, 4) is 11.6 Å². The molecule has 16 heavy (non-hydrogen) atoms. The molecule has 2 aromatic rings. The Hall–Kier alpha value is -2.43. The minimum absolute atomic E-state index is 0.461. The molecule has 0 amide bonds. The van der Waals surface area contributed by atoms with Crippen molar-refractivity contribution in [3.63, 3.8) is 0 Å². The van der Waals surface area contributed by atoms with Crippen LogP contribution in [0.4, 0.5) is 0 Å². The molecular weight excluding hydrogens is 204 g/mol. The number of aromatic nitrogens is 2. The molecule has 0 spiro atoms. The van der Waals surface area contributed by atoms with Crippen LogP contribution >= 0.6 is 0 Å². The van der Waals surface area contributed by atoms with E-state index in [1.54, 1.807) is 24.8 Å². The van der Waals surface area contributed by atoms with Gasteiger partial charge in [0, 0.05) is 12.4 Å². The van der Waals surface area contributed by atoms with Crippen LogP contribution in [0.1, 0.15) is 5.56 Å². The summed E-state index contributed by atoms with van der Waals surface area (Å²) in [6.07, 6.45) is 6.28. The molecule has 1 aromatic carbocycles. The van der Waals surface area contributed by atoms with Gasteiger partial charge < -0.3 is 10.6 Å². The van der Waals surface area contributed by atoms with Crippen molar-refractivity contribution >= 4 is 6.21 Å². The van der Waals surface area contributed by atoms with Crippen LogP contribution in [0.5, 0.6) is 11.6 Å². The minimum Gasteiger partial charge on any atom is -0.438 e. The summed E-state index contributed by atoms with van der Waals surface area (Å²) in [5.74, 6) is 6.19. The Balaban J connectivity index is 2.11. The predicted octanol–water partition coefficient (Wildman–Crippen LogP) is 1.56. The first-order valence-corrected chi connectivity index (χ1v) is 4.65. The third kappa shape index (κ3) is 2.54. The van der Waals surface area contributed by atoms with Gasteiger partial charge in [-0.3, -0.25) is 4.98 Å². The molecule has 0 bridgehead atoms. The van der Waals surface area contributed by atoms with Gasteiger partial charge in [0.15, 0.2) is 0 Å². The molecule has 2 rings (SSSR count). The van der Waals surface area contributed by atoms with Gasteiger partial charge in [-0.25, -0.2) is 4.98 Å². The molecule has 0 aliphatic carbocycles. The van der Waals surface area contributed by atoms with Gasteiger partial charge in [-0.1, -0.05) is 0 Å². The highest BCUT2D eigenvalue weighted by atomic mass is 16.5. The van der Waals surface area contributed by atoms with E-state index in [0.717, 1.165) is 5.56 Å². The molecule has 0 fully saturated rings. The Morgan fingerprint density at radius 3 is 2.62 bits per heavy atom. The molecule has 0 aliphatic heterocycles. The molecule has 0 atom stereocenters. The van der Waals surface area contributed by atoms with E-state index in [4.69, 9.17) is 10.6 Å². The minimum atomic E-state index is 0.461. The van der Waals surface area contributed by atoms with E-state index in [-0.39, 0.29) is 0 Å². The van der Waals surface area contributed by atoms with Crippen LogP contribution in [0.2, 0.25) is 0 Å². The first-order valence-electron chi connectivity index (χ1n) is 4.65. The first-order chi connectivity index (χ1) is 7.88. The van der Waals surface area contributed by atoms with E-state index in [1.807, 2.05) is 24.3 Å². The summed E-state index contributed by atoms with van der Waals surface area (Å²) in [4.78, 5) is 7.90. The molecule has 0 saturated carbocycles. The lowest BCUT2D eigenvalue weighted by atomic mass is 10.2. The van der Waals surface area contributed by atoms with Crippen molar-refractivity contribution in [2.45, 2.75) is 0 Å². The standard InChI is InChI=1S/C11H10N4O/c12-15-7-9-1-3-10(4-2-9)16-11-8-13-5-6-14-11/h1-8H,12H2. The third-order valence-corrected chi connectivity index (χ3v) is 1.87. The van der Waals surface area contributed by atoms with E-state index in [0.29, 0.717) is 11.6 Å². The summed E-state index contributed by atoms with van der Waals surface area (Å²) in [7, 11) is 0. The maximum Gasteiger partial charge on any atom is 0.237 e. The Kier molecular flexibility index (Phi) is 3.08. The summed E-state index contributed by atoms with van der Waals surface area (Å²) < 4.78 is 5.46. The third-order valence-electron chi connectivity index (χ3n) is 1.87. The van der Waals surface area contributed by atoms with Crippen molar-refractivity contribution in [1.82, 2.24) is 9.97 Å². The number of nitrogens with two attached hydrogens (primary N) is 1. The van der Waals surface area contributed by atoms with Crippen LogP contribution < -0.4 is 10.6 Å². The Bertz CT molecular complexity index is 467. The molecule has 0 aliphatic rings. The van der Waals surface area contributed by atoms with Gasteiger partial charge in [-0.05, 0) is 29.8 Å². The Labute approximate surface area is 92.6 Å². The Morgan fingerprint density at radius 2 is 2.00 bits per heavy atom. The van der Waals surface area contributed by atoms with Gasteiger partial charge in [0.2, 0.25) is 5.88 Å². The fourth-order valence-electron chi connectivity index (χ4n) is 1.17. The number of hydrazone groups is 1. The summed E-state index contributed by atoms with van der Waals surface area (Å²) in [6.45, 7) is 0. The van der Waals surface area contributed by atoms with Crippen LogP contribution in [0.25, 0.3) is 0 Å². The molecule has 5 heteroatoms. The molecule has 80 valence electrons. The highest BCUT2D eigenvalue weighted by Gasteiger charge is 1.97. The maximum atomic E-state index is 5.46. The fourth-order valence-corrected chi connectivity index (χ4v) is 1.17. The smallest absolute Gasteiger partial charge is 0.237 e. The average Bonchev–Trinajstić information content (AvgIpc) is 2.33. The van der Waals surface area contributed by atoms with Crippen molar-refractivity contribution in [1.29, 1.82) is 0 Å². The van der Waals surface area contributed by atoms with Gasteiger partial charge in [-0.15, -0.1) is 0 Å². The SMILES string of the molecule is NN=Cc1ccc(Oc2cnccn2)cc1. The second-order valence-electron chi connectivity index (χ2n) is 2.99. The van der Waals surface area contributed by atoms with Crippen molar-refractivity contribution in [2.75, 3.05) is 0 Å². The average molecular weight is 214 g/mol. The molecule has 0 unspecified atom stereocenters. The highest BCUT2D eigenvalue weighted by Crippen LogP contribution is 2.17. The number of nitrogens with zero attached hydrogens (tertiary/aromatic N) is 3. The lowest BCUT2D eigenvalue weighted by Gasteiger charge is -2.03. The van der Waals surface area contributed by atoms with Gasteiger partial charge in [0.1, 0.15) is 5.75 Å². The number of rotatable bonds is 3.